The fourth-order valence-corrected chi connectivity index (χ4v) is 4.55. The van der Waals surface area contributed by atoms with Gasteiger partial charge >= 0.3 is 0 Å². The Morgan fingerprint density at radius 2 is 1.74 bits per heavy atom. The van der Waals surface area contributed by atoms with E-state index in [9.17, 15) is 8.78 Å². The minimum Gasteiger partial charge on any atom is -0.411 e. The van der Waals surface area contributed by atoms with E-state index in [0.717, 1.165) is 59.7 Å². The molecule has 1 aliphatic heterocycles. The fourth-order valence-electron chi connectivity index (χ4n) is 4.55. The highest BCUT2D eigenvalue weighted by molar-refractivity contribution is 6.02. The summed E-state index contributed by atoms with van der Waals surface area (Å²) in [5.74, 6) is -1.28. The van der Waals surface area contributed by atoms with E-state index in [-0.39, 0.29) is 6.04 Å². The minimum atomic E-state index is -0.640. The van der Waals surface area contributed by atoms with Crippen LogP contribution in [-0.4, -0.2) is 40.5 Å². The summed E-state index contributed by atoms with van der Waals surface area (Å²) in [4.78, 5) is 11.1. The number of benzene rings is 2. The average Bonchev–Trinajstić information content (AvgIpc) is 2.83. The van der Waals surface area contributed by atoms with Crippen LogP contribution in [0.25, 0.3) is 33.2 Å². The van der Waals surface area contributed by atoms with Crippen molar-refractivity contribution in [2.24, 2.45) is 10.9 Å². The Labute approximate surface area is 195 Å². The molecule has 0 atom stereocenters. The van der Waals surface area contributed by atoms with Crippen molar-refractivity contribution in [1.29, 1.82) is 0 Å². The highest BCUT2D eigenvalue weighted by Crippen LogP contribution is 2.40. The van der Waals surface area contributed by atoms with Crippen LogP contribution < -0.4 is 10.6 Å². The smallest absolute Gasteiger partial charge is 0.126 e. The molecule has 6 nitrogen and oxygen atoms in total. The summed E-state index contributed by atoms with van der Waals surface area (Å²) >= 11 is 0. The first-order valence-electron chi connectivity index (χ1n) is 11.1. The molecule has 1 aliphatic rings. The molecule has 8 heteroatoms. The van der Waals surface area contributed by atoms with Gasteiger partial charge in [-0.3, -0.25) is 9.97 Å². The number of hydrogen-bond donors (Lipinski definition) is 2. The molecule has 3 heterocycles. The van der Waals surface area contributed by atoms with Gasteiger partial charge in [-0.05, 0) is 54.3 Å². The molecule has 0 spiro atoms. The Hall–Kier alpha value is -3.91. The molecule has 34 heavy (non-hydrogen) atoms. The third-order valence-electron chi connectivity index (χ3n) is 6.20. The Kier molecular flexibility index (Phi) is 5.90. The van der Waals surface area contributed by atoms with Crippen molar-refractivity contribution in [3.05, 3.63) is 78.3 Å². The van der Waals surface area contributed by atoms with Gasteiger partial charge in [0.25, 0.3) is 0 Å². The van der Waals surface area contributed by atoms with Gasteiger partial charge < -0.3 is 15.8 Å². The lowest BCUT2D eigenvalue weighted by molar-refractivity contribution is 0.321. The van der Waals surface area contributed by atoms with Crippen LogP contribution in [0.15, 0.2) is 66.1 Å². The Balaban J connectivity index is 1.75. The zero-order valence-corrected chi connectivity index (χ0v) is 18.3. The standard InChI is InChI=1S/C26H23F2N5O/c27-18-10-17(11-19(28)13-18)23-14-31-24-4-3-16(21-2-1-7-30-25(21)15-32-34)12-22(24)26(23)33-8-5-20(29)6-9-33/h1-4,7,10-15,20,34H,5-6,8-9,29H2/b32-15+. The molecule has 4 aromatic rings. The van der Waals surface area contributed by atoms with Gasteiger partial charge in [0.05, 0.1) is 23.1 Å². The van der Waals surface area contributed by atoms with E-state index in [1.807, 2.05) is 30.3 Å². The second-order valence-corrected chi connectivity index (χ2v) is 8.42. The summed E-state index contributed by atoms with van der Waals surface area (Å²) in [5, 5.41) is 13.0. The largest absolute Gasteiger partial charge is 0.411 e. The van der Waals surface area contributed by atoms with Crippen molar-refractivity contribution in [3.63, 3.8) is 0 Å². The van der Waals surface area contributed by atoms with E-state index in [1.54, 1.807) is 12.4 Å². The van der Waals surface area contributed by atoms with Crippen molar-refractivity contribution in [3.8, 4) is 22.3 Å². The van der Waals surface area contributed by atoms with Gasteiger partial charge in [0.15, 0.2) is 0 Å². The summed E-state index contributed by atoms with van der Waals surface area (Å²) in [7, 11) is 0. The number of halogens is 2. The average molecular weight is 460 g/mol. The SMILES string of the molecule is NC1CCN(c2c(-c3cc(F)cc(F)c3)cnc3ccc(-c4cccnc4/C=N/O)cc23)CC1. The number of piperidine rings is 1. The van der Waals surface area contributed by atoms with Crippen LogP contribution in [0.4, 0.5) is 14.5 Å². The second kappa shape index (κ2) is 9.15. The number of aromatic nitrogens is 2. The van der Waals surface area contributed by atoms with Crippen LogP contribution in [0.1, 0.15) is 18.5 Å². The van der Waals surface area contributed by atoms with Crippen molar-refractivity contribution in [2.75, 3.05) is 18.0 Å². The zero-order chi connectivity index (χ0) is 23.7. The van der Waals surface area contributed by atoms with Gasteiger partial charge in [-0.15, -0.1) is 0 Å². The van der Waals surface area contributed by atoms with E-state index in [2.05, 4.69) is 20.0 Å². The van der Waals surface area contributed by atoms with Crippen molar-refractivity contribution in [1.82, 2.24) is 9.97 Å². The van der Waals surface area contributed by atoms with E-state index < -0.39 is 11.6 Å². The van der Waals surface area contributed by atoms with Crippen LogP contribution >= 0.6 is 0 Å². The Bertz CT molecular complexity index is 1360. The molecule has 1 saturated heterocycles. The van der Waals surface area contributed by atoms with E-state index in [0.29, 0.717) is 16.8 Å². The summed E-state index contributed by atoms with van der Waals surface area (Å²) in [6, 6.07) is 13.2. The zero-order valence-electron chi connectivity index (χ0n) is 18.3. The Morgan fingerprint density at radius 1 is 0.971 bits per heavy atom. The van der Waals surface area contributed by atoms with E-state index in [1.165, 1.54) is 18.3 Å². The number of oxime groups is 1. The fraction of sp³-hybridized carbons (Fsp3) is 0.192. The van der Waals surface area contributed by atoms with Crippen molar-refractivity contribution < 1.29 is 14.0 Å². The first-order chi connectivity index (χ1) is 16.5. The van der Waals surface area contributed by atoms with Crippen molar-refractivity contribution >= 4 is 22.8 Å². The molecule has 172 valence electrons. The number of pyridine rings is 2. The summed E-state index contributed by atoms with van der Waals surface area (Å²) < 4.78 is 28.2. The highest BCUT2D eigenvalue weighted by Gasteiger charge is 2.23. The molecular formula is C26H23F2N5O. The number of nitrogens with zero attached hydrogens (tertiary/aromatic N) is 4. The first kappa shape index (κ1) is 21.9. The molecule has 2 aromatic carbocycles. The molecule has 0 radical (unpaired) electrons. The maximum absolute atomic E-state index is 14.1. The predicted molar refractivity (Wildman–Crippen MR) is 129 cm³/mol. The third-order valence-corrected chi connectivity index (χ3v) is 6.20. The van der Waals surface area contributed by atoms with Crippen LogP contribution in [0, 0.1) is 11.6 Å². The van der Waals surface area contributed by atoms with Gasteiger partial charge in [0, 0.05) is 54.1 Å². The van der Waals surface area contributed by atoms with Gasteiger partial charge in [0.2, 0.25) is 0 Å². The lowest BCUT2D eigenvalue weighted by Crippen LogP contribution is -2.40. The summed E-state index contributed by atoms with van der Waals surface area (Å²) in [6.07, 6.45) is 6.23. The molecule has 0 aliphatic carbocycles. The number of nitrogens with two attached hydrogens (primary N) is 1. The predicted octanol–water partition coefficient (Wildman–Crippen LogP) is 4.98. The van der Waals surface area contributed by atoms with Crippen molar-refractivity contribution in [2.45, 2.75) is 18.9 Å². The van der Waals surface area contributed by atoms with Crippen LogP contribution in [-0.2, 0) is 0 Å². The minimum absolute atomic E-state index is 0.130. The van der Waals surface area contributed by atoms with Crippen LogP contribution in [0.3, 0.4) is 0 Å². The monoisotopic (exact) mass is 459 g/mol. The number of hydrogen-bond acceptors (Lipinski definition) is 6. The van der Waals surface area contributed by atoms with Gasteiger partial charge in [-0.25, -0.2) is 8.78 Å². The number of rotatable bonds is 4. The molecule has 1 fully saturated rings. The first-order valence-corrected chi connectivity index (χ1v) is 11.1. The molecule has 0 saturated carbocycles. The maximum Gasteiger partial charge on any atom is 0.126 e. The number of anilines is 1. The van der Waals surface area contributed by atoms with Gasteiger partial charge in [-0.1, -0.05) is 17.3 Å². The molecular weight excluding hydrogens is 436 g/mol. The quantitative estimate of drug-likeness (QED) is 0.255. The molecule has 3 N–H and O–H groups in total. The summed E-state index contributed by atoms with van der Waals surface area (Å²) in [6.45, 7) is 1.45. The van der Waals surface area contributed by atoms with E-state index in [4.69, 9.17) is 10.9 Å². The maximum atomic E-state index is 14.1. The van der Waals surface area contributed by atoms with Gasteiger partial charge in [0.1, 0.15) is 11.6 Å². The Morgan fingerprint density at radius 3 is 2.47 bits per heavy atom. The van der Waals surface area contributed by atoms with Gasteiger partial charge in [-0.2, -0.15) is 0 Å². The molecule has 0 unspecified atom stereocenters. The molecule has 5 rings (SSSR count). The van der Waals surface area contributed by atoms with E-state index >= 15 is 0 Å². The lowest BCUT2D eigenvalue weighted by Gasteiger charge is -2.34. The van der Waals surface area contributed by atoms with Crippen LogP contribution in [0.5, 0.6) is 0 Å². The summed E-state index contributed by atoms with van der Waals surface area (Å²) in [5.41, 5.74) is 11.0. The number of fused-ring (bicyclic) bond motifs is 1. The lowest BCUT2D eigenvalue weighted by atomic mass is 9.96. The molecule has 0 bridgehead atoms. The molecule has 2 aromatic heterocycles. The molecule has 0 amide bonds. The topological polar surface area (TPSA) is 87.6 Å². The highest BCUT2D eigenvalue weighted by atomic mass is 19.1. The normalized spacial score (nSPS) is 14.9. The third kappa shape index (κ3) is 4.20. The second-order valence-electron chi connectivity index (χ2n) is 8.42. The van der Waals surface area contributed by atoms with Crippen LogP contribution in [0.2, 0.25) is 0 Å².